The molecule has 11 heteroatoms. The topological polar surface area (TPSA) is 119 Å². The number of carbonyl (C=O) groups is 1. The van der Waals surface area contributed by atoms with Crippen LogP contribution >= 0.6 is 0 Å². The van der Waals surface area contributed by atoms with Crippen LogP contribution in [0.5, 0.6) is 11.5 Å². The molecule has 0 spiro atoms. The first-order valence-corrected chi connectivity index (χ1v) is 12.6. The molecule has 2 aromatic rings. The summed E-state index contributed by atoms with van der Waals surface area (Å²) < 4.78 is 38.4. The van der Waals surface area contributed by atoms with Crippen LogP contribution in [0.25, 0.3) is 0 Å². The number of ether oxygens (including phenoxy) is 2. The highest BCUT2D eigenvalue weighted by molar-refractivity contribution is 7.89. The van der Waals surface area contributed by atoms with E-state index in [0.717, 1.165) is 11.6 Å². The number of non-ortho nitro benzene ring substituents is 1. The summed E-state index contributed by atoms with van der Waals surface area (Å²) in [7, 11) is -3.90. The third-order valence-electron chi connectivity index (χ3n) is 6.31. The van der Waals surface area contributed by atoms with E-state index in [2.05, 4.69) is 0 Å². The summed E-state index contributed by atoms with van der Waals surface area (Å²) in [5, 5.41) is 11.1. The third kappa shape index (κ3) is 4.71. The summed E-state index contributed by atoms with van der Waals surface area (Å²) in [6.45, 7) is 5.03. The number of sulfonamides is 1. The average Bonchev–Trinajstić information content (AvgIpc) is 3.30. The summed E-state index contributed by atoms with van der Waals surface area (Å²) in [6, 6.07) is 9.44. The van der Waals surface area contributed by atoms with Crippen LogP contribution in [0, 0.1) is 23.0 Å². The highest BCUT2D eigenvalue weighted by Crippen LogP contribution is 2.33. The van der Waals surface area contributed by atoms with Gasteiger partial charge in [0, 0.05) is 44.2 Å². The van der Waals surface area contributed by atoms with E-state index in [1.54, 1.807) is 11.8 Å². The number of nitro benzene ring substituents is 1. The molecule has 0 aromatic heterocycles. The van der Waals surface area contributed by atoms with Crippen molar-refractivity contribution in [1.29, 1.82) is 0 Å². The van der Waals surface area contributed by atoms with E-state index in [1.165, 1.54) is 16.4 Å². The van der Waals surface area contributed by atoms with Gasteiger partial charge < -0.3 is 14.4 Å². The fourth-order valence-electron chi connectivity index (χ4n) is 4.33. The largest absolute Gasteiger partial charge is 0.454 e. The quantitative estimate of drug-likeness (QED) is 0.433. The number of piperidine rings is 1. The molecular weight excluding hydrogens is 462 g/mol. The molecule has 1 amide bonds. The molecule has 1 fully saturated rings. The van der Waals surface area contributed by atoms with Crippen LogP contribution in [0.4, 0.5) is 5.69 Å². The standard InChI is InChI=1S/C23H27N3O7S/c1-3-24(14-17-5-7-20-21(12-17)33-15-32-20)23(27)18-8-10-25(11-9-18)34(30,31)22-13-19(26(28)29)6-4-16(22)2/h4-7,12-13,18H,3,8-11,14-15H2,1-2H3. The molecule has 2 aliphatic heterocycles. The Morgan fingerprint density at radius 3 is 2.53 bits per heavy atom. The normalized spacial score (nSPS) is 16.4. The van der Waals surface area contributed by atoms with Gasteiger partial charge in [-0.15, -0.1) is 0 Å². The van der Waals surface area contributed by atoms with Crippen molar-refractivity contribution in [3.63, 3.8) is 0 Å². The molecule has 0 saturated carbocycles. The van der Waals surface area contributed by atoms with Gasteiger partial charge in [-0.2, -0.15) is 4.31 Å². The van der Waals surface area contributed by atoms with Crippen LogP contribution in [-0.4, -0.2) is 54.9 Å². The number of benzene rings is 2. The molecule has 34 heavy (non-hydrogen) atoms. The van der Waals surface area contributed by atoms with Crippen molar-refractivity contribution in [2.75, 3.05) is 26.4 Å². The Labute approximate surface area is 198 Å². The van der Waals surface area contributed by atoms with Crippen LogP contribution in [0.15, 0.2) is 41.3 Å². The molecule has 2 aliphatic rings. The second kappa shape index (κ2) is 9.59. The maximum Gasteiger partial charge on any atom is 0.270 e. The summed E-state index contributed by atoms with van der Waals surface area (Å²) in [5.41, 5.74) is 1.11. The van der Waals surface area contributed by atoms with Crippen LogP contribution < -0.4 is 9.47 Å². The number of aryl methyl sites for hydroxylation is 1. The summed E-state index contributed by atoms with van der Waals surface area (Å²) in [4.78, 5) is 25.4. The molecule has 0 unspecified atom stereocenters. The number of rotatable bonds is 7. The summed E-state index contributed by atoms with van der Waals surface area (Å²) in [5.74, 6) is 1.05. The van der Waals surface area contributed by atoms with Gasteiger partial charge in [0.15, 0.2) is 11.5 Å². The van der Waals surface area contributed by atoms with Gasteiger partial charge in [-0.25, -0.2) is 8.42 Å². The first kappa shape index (κ1) is 24.0. The van der Waals surface area contributed by atoms with Gasteiger partial charge in [0.25, 0.3) is 5.69 Å². The minimum absolute atomic E-state index is 0.0104. The van der Waals surface area contributed by atoms with Crippen molar-refractivity contribution in [1.82, 2.24) is 9.21 Å². The SMILES string of the molecule is CCN(Cc1ccc2c(c1)OCO2)C(=O)C1CCN(S(=O)(=O)c2cc([N+](=O)[O-])ccc2C)CC1. The highest BCUT2D eigenvalue weighted by Gasteiger charge is 2.35. The molecule has 10 nitrogen and oxygen atoms in total. The molecule has 0 radical (unpaired) electrons. The molecule has 0 aliphatic carbocycles. The third-order valence-corrected chi connectivity index (χ3v) is 8.35. The van der Waals surface area contributed by atoms with Gasteiger partial charge in [0.05, 0.1) is 9.82 Å². The smallest absolute Gasteiger partial charge is 0.270 e. The second-order valence-electron chi connectivity index (χ2n) is 8.43. The van der Waals surface area contributed by atoms with Crippen LogP contribution in [0.3, 0.4) is 0 Å². The number of fused-ring (bicyclic) bond motifs is 1. The van der Waals surface area contributed by atoms with Crippen molar-refractivity contribution in [3.05, 3.63) is 57.6 Å². The zero-order valence-corrected chi connectivity index (χ0v) is 19.9. The van der Waals surface area contributed by atoms with Crippen LogP contribution in [-0.2, 0) is 21.4 Å². The Morgan fingerprint density at radius 2 is 1.85 bits per heavy atom. The van der Waals surface area contributed by atoms with Gasteiger partial charge in [-0.1, -0.05) is 12.1 Å². The Bertz CT molecular complexity index is 1210. The predicted molar refractivity (Wildman–Crippen MR) is 123 cm³/mol. The maximum atomic E-state index is 13.2. The monoisotopic (exact) mass is 489 g/mol. The van der Waals surface area contributed by atoms with E-state index >= 15 is 0 Å². The van der Waals surface area contributed by atoms with E-state index < -0.39 is 14.9 Å². The van der Waals surface area contributed by atoms with E-state index in [9.17, 15) is 23.3 Å². The Kier molecular flexibility index (Phi) is 6.76. The van der Waals surface area contributed by atoms with E-state index in [1.807, 2.05) is 25.1 Å². The van der Waals surface area contributed by atoms with E-state index in [0.29, 0.717) is 43.0 Å². The van der Waals surface area contributed by atoms with Gasteiger partial charge in [0.2, 0.25) is 22.7 Å². The number of hydrogen-bond acceptors (Lipinski definition) is 7. The Morgan fingerprint density at radius 1 is 1.15 bits per heavy atom. The number of amides is 1. The van der Waals surface area contributed by atoms with Gasteiger partial charge in [-0.05, 0) is 49.9 Å². The zero-order valence-electron chi connectivity index (χ0n) is 19.1. The molecule has 2 aromatic carbocycles. The minimum atomic E-state index is -3.90. The molecular formula is C23H27N3O7S. The summed E-state index contributed by atoms with van der Waals surface area (Å²) >= 11 is 0. The lowest BCUT2D eigenvalue weighted by molar-refractivity contribution is -0.385. The second-order valence-corrected chi connectivity index (χ2v) is 10.3. The molecule has 2 heterocycles. The first-order valence-electron chi connectivity index (χ1n) is 11.1. The number of carbonyl (C=O) groups excluding carboxylic acids is 1. The van der Waals surface area contributed by atoms with Gasteiger partial charge in [0.1, 0.15) is 0 Å². The number of hydrogen-bond donors (Lipinski definition) is 0. The minimum Gasteiger partial charge on any atom is -0.454 e. The van der Waals surface area contributed by atoms with Crippen molar-refractivity contribution in [2.45, 2.75) is 38.1 Å². The Hall–Kier alpha value is -3.18. The van der Waals surface area contributed by atoms with E-state index in [4.69, 9.17) is 9.47 Å². The average molecular weight is 490 g/mol. The van der Waals surface area contributed by atoms with Crippen molar-refractivity contribution in [3.8, 4) is 11.5 Å². The molecule has 0 atom stereocenters. The fourth-order valence-corrected chi connectivity index (χ4v) is 6.04. The predicted octanol–water partition coefficient (Wildman–Crippen LogP) is 3.08. The van der Waals surface area contributed by atoms with Crippen LogP contribution in [0.1, 0.15) is 30.9 Å². The van der Waals surface area contributed by atoms with Crippen LogP contribution in [0.2, 0.25) is 0 Å². The summed E-state index contributed by atoms with van der Waals surface area (Å²) in [6.07, 6.45) is 0.785. The van der Waals surface area contributed by atoms with Gasteiger partial charge >= 0.3 is 0 Å². The lowest BCUT2D eigenvalue weighted by atomic mass is 9.96. The van der Waals surface area contributed by atoms with Crippen molar-refractivity contribution < 1.29 is 27.6 Å². The maximum absolute atomic E-state index is 13.2. The fraction of sp³-hybridized carbons (Fsp3) is 0.435. The van der Waals surface area contributed by atoms with Gasteiger partial charge in [-0.3, -0.25) is 14.9 Å². The molecule has 0 bridgehead atoms. The number of nitro groups is 1. The van der Waals surface area contributed by atoms with Crippen molar-refractivity contribution >= 4 is 21.6 Å². The lowest BCUT2D eigenvalue weighted by Gasteiger charge is -2.33. The highest BCUT2D eigenvalue weighted by atomic mass is 32.2. The molecule has 182 valence electrons. The first-order chi connectivity index (χ1) is 16.2. The Balaban J connectivity index is 1.42. The molecule has 1 saturated heterocycles. The van der Waals surface area contributed by atoms with E-state index in [-0.39, 0.29) is 42.3 Å². The molecule has 0 N–H and O–H groups in total. The number of nitrogens with zero attached hydrogens (tertiary/aromatic N) is 3. The lowest BCUT2D eigenvalue weighted by Crippen LogP contribution is -2.44. The van der Waals surface area contributed by atoms with Crippen molar-refractivity contribution in [2.24, 2.45) is 5.92 Å². The zero-order chi connectivity index (χ0) is 24.5. The molecule has 4 rings (SSSR count).